The van der Waals surface area contributed by atoms with Gasteiger partial charge >= 0.3 is 0 Å². The summed E-state index contributed by atoms with van der Waals surface area (Å²) in [7, 11) is 1.74. The molecule has 5 heteroatoms. The molecule has 0 bridgehead atoms. The van der Waals surface area contributed by atoms with Gasteiger partial charge in [-0.25, -0.2) is 0 Å². The fourth-order valence-corrected chi connectivity index (χ4v) is 3.69. The van der Waals surface area contributed by atoms with Crippen LogP contribution in [0.15, 0.2) is 42.5 Å². The minimum atomic E-state index is -0.161. The summed E-state index contributed by atoms with van der Waals surface area (Å²) in [6.07, 6.45) is 2.07. The molecule has 1 aliphatic rings. The van der Waals surface area contributed by atoms with Crippen molar-refractivity contribution in [3.8, 4) is 0 Å². The van der Waals surface area contributed by atoms with Crippen molar-refractivity contribution in [1.29, 1.82) is 0 Å². The van der Waals surface area contributed by atoms with Gasteiger partial charge in [-0.05, 0) is 49.2 Å². The first-order chi connectivity index (χ1) is 12.1. The Labute approximate surface area is 162 Å². The molecule has 142 valence electrons. The van der Waals surface area contributed by atoms with Crippen LogP contribution in [0.2, 0.25) is 0 Å². The fourth-order valence-electron chi connectivity index (χ4n) is 3.69. The number of amides is 1. The molecule has 26 heavy (non-hydrogen) atoms. The molecule has 0 aromatic heterocycles. The smallest absolute Gasteiger partial charge is 0.227 e. The van der Waals surface area contributed by atoms with E-state index < -0.39 is 0 Å². The number of carbonyl (C=O) groups excluding carboxylic acids is 1. The maximum atomic E-state index is 12.7. The third kappa shape index (κ3) is 4.76. The number of hydrogen-bond acceptors (Lipinski definition) is 3. The van der Waals surface area contributed by atoms with Gasteiger partial charge in [0.25, 0.3) is 0 Å². The quantitative estimate of drug-likeness (QED) is 0.811. The summed E-state index contributed by atoms with van der Waals surface area (Å²) in [5.74, 6) is -0.0739. The molecule has 1 unspecified atom stereocenters. The van der Waals surface area contributed by atoms with Gasteiger partial charge in [0, 0.05) is 19.1 Å². The molecule has 2 aromatic carbocycles. The minimum Gasteiger partial charge on any atom is -0.384 e. The molecule has 0 spiro atoms. The van der Waals surface area contributed by atoms with Crippen LogP contribution < -0.4 is 10.6 Å². The highest BCUT2D eigenvalue weighted by atomic mass is 35.5. The third-order valence-electron chi connectivity index (χ3n) is 5.42. The first-order valence-corrected chi connectivity index (χ1v) is 9.10. The number of piperidine rings is 1. The number of nitrogens with one attached hydrogen (secondary N) is 2. The number of hydrogen-bond donors (Lipinski definition) is 2. The van der Waals surface area contributed by atoms with Gasteiger partial charge in [-0.2, -0.15) is 0 Å². The van der Waals surface area contributed by atoms with Gasteiger partial charge in [-0.15, -0.1) is 12.4 Å². The highest BCUT2D eigenvalue weighted by molar-refractivity contribution is 5.87. The first kappa shape index (κ1) is 20.7. The minimum absolute atomic E-state index is 0. The van der Waals surface area contributed by atoms with Crippen molar-refractivity contribution in [2.24, 2.45) is 5.41 Å². The largest absolute Gasteiger partial charge is 0.384 e. The van der Waals surface area contributed by atoms with E-state index in [1.54, 1.807) is 7.11 Å². The van der Waals surface area contributed by atoms with E-state index in [1.807, 2.05) is 19.1 Å². The molecule has 1 atom stereocenters. The number of benzene rings is 2. The lowest BCUT2D eigenvalue weighted by Gasteiger charge is -2.37. The summed E-state index contributed by atoms with van der Waals surface area (Å²) in [6.45, 7) is 5.32. The fraction of sp³-hybridized carbons (Fsp3) is 0.476. The molecular formula is C21H29ClN2O2. The summed E-state index contributed by atoms with van der Waals surface area (Å²) < 4.78 is 5.43. The molecule has 0 radical (unpaired) electrons. The average Bonchev–Trinajstić information content (AvgIpc) is 2.66. The van der Waals surface area contributed by atoms with Crippen molar-refractivity contribution in [2.75, 3.05) is 33.4 Å². The van der Waals surface area contributed by atoms with Crippen LogP contribution in [0.3, 0.4) is 0 Å². The van der Waals surface area contributed by atoms with Crippen molar-refractivity contribution in [3.63, 3.8) is 0 Å². The highest BCUT2D eigenvalue weighted by Crippen LogP contribution is 2.29. The Bertz CT molecular complexity index is 723. The first-order valence-electron chi connectivity index (χ1n) is 9.10. The second-order valence-electron chi connectivity index (χ2n) is 7.23. The van der Waals surface area contributed by atoms with Gasteiger partial charge in [0.05, 0.1) is 12.5 Å². The van der Waals surface area contributed by atoms with Gasteiger partial charge in [0.2, 0.25) is 5.91 Å². The van der Waals surface area contributed by atoms with Crippen LogP contribution in [0.1, 0.15) is 31.2 Å². The number of halogens is 1. The third-order valence-corrected chi connectivity index (χ3v) is 5.42. The van der Waals surface area contributed by atoms with E-state index in [2.05, 4.69) is 41.0 Å². The predicted molar refractivity (Wildman–Crippen MR) is 109 cm³/mol. The molecular weight excluding hydrogens is 348 g/mol. The normalized spacial score (nSPS) is 17.3. The Morgan fingerprint density at radius 2 is 1.88 bits per heavy atom. The molecule has 3 rings (SSSR count). The average molecular weight is 377 g/mol. The van der Waals surface area contributed by atoms with Gasteiger partial charge < -0.3 is 15.4 Å². The van der Waals surface area contributed by atoms with Crippen molar-refractivity contribution >= 4 is 29.1 Å². The molecule has 1 fully saturated rings. The Kier molecular flexibility index (Phi) is 7.44. The SMILES string of the molecule is COCC1(CNC(=O)C(C)c2ccc3ccccc3c2)CCNCC1.Cl. The van der Waals surface area contributed by atoms with E-state index in [0.717, 1.165) is 31.5 Å². The van der Waals surface area contributed by atoms with E-state index >= 15 is 0 Å². The van der Waals surface area contributed by atoms with E-state index in [9.17, 15) is 4.79 Å². The topological polar surface area (TPSA) is 50.4 Å². The predicted octanol–water partition coefficient (Wildman–Crippen LogP) is 3.50. The highest BCUT2D eigenvalue weighted by Gasteiger charge is 2.33. The number of rotatable bonds is 6. The molecule has 0 aliphatic carbocycles. The summed E-state index contributed by atoms with van der Waals surface area (Å²) in [6, 6.07) is 14.5. The molecule has 1 aliphatic heterocycles. The Hall–Kier alpha value is -1.62. The van der Waals surface area contributed by atoms with Crippen LogP contribution in [0, 0.1) is 5.41 Å². The Morgan fingerprint density at radius 1 is 1.19 bits per heavy atom. The van der Waals surface area contributed by atoms with E-state index in [1.165, 1.54) is 10.8 Å². The maximum Gasteiger partial charge on any atom is 0.227 e. The zero-order chi connectivity index (χ0) is 17.7. The van der Waals surface area contributed by atoms with Crippen LogP contribution in [-0.4, -0.2) is 39.3 Å². The molecule has 1 saturated heterocycles. The Morgan fingerprint density at radius 3 is 2.58 bits per heavy atom. The number of fused-ring (bicyclic) bond motifs is 1. The lowest BCUT2D eigenvalue weighted by Crippen LogP contribution is -2.47. The van der Waals surface area contributed by atoms with E-state index in [4.69, 9.17) is 4.74 Å². The lowest BCUT2D eigenvalue weighted by atomic mass is 9.79. The van der Waals surface area contributed by atoms with Gasteiger partial charge in [0.15, 0.2) is 0 Å². The Balaban J connectivity index is 0.00000243. The van der Waals surface area contributed by atoms with Crippen LogP contribution >= 0.6 is 12.4 Å². The summed E-state index contributed by atoms with van der Waals surface area (Å²) in [4.78, 5) is 12.7. The summed E-state index contributed by atoms with van der Waals surface area (Å²) in [5, 5.41) is 8.94. The van der Waals surface area contributed by atoms with Crippen LogP contribution in [-0.2, 0) is 9.53 Å². The second kappa shape index (κ2) is 9.36. The standard InChI is InChI=1S/C21H28N2O2.ClH/c1-16(18-8-7-17-5-3-4-6-19(17)13-18)20(24)23-14-21(15-25-2)9-11-22-12-10-21;/h3-8,13,16,22H,9-12,14-15H2,1-2H3,(H,23,24);1H. The van der Waals surface area contributed by atoms with E-state index in [0.29, 0.717) is 13.2 Å². The zero-order valence-corrected chi connectivity index (χ0v) is 16.4. The van der Waals surface area contributed by atoms with Crippen LogP contribution in [0.5, 0.6) is 0 Å². The number of methoxy groups -OCH3 is 1. The van der Waals surface area contributed by atoms with Crippen molar-refractivity contribution in [1.82, 2.24) is 10.6 Å². The number of ether oxygens (including phenoxy) is 1. The van der Waals surface area contributed by atoms with Crippen molar-refractivity contribution in [3.05, 3.63) is 48.0 Å². The molecule has 0 saturated carbocycles. The zero-order valence-electron chi connectivity index (χ0n) is 15.6. The molecule has 1 heterocycles. The van der Waals surface area contributed by atoms with E-state index in [-0.39, 0.29) is 29.6 Å². The maximum absolute atomic E-state index is 12.7. The van der Waals surface area contributed by atoms with Crippen molar-refractivity contribution in [2.45, 2.75) is 25.7 Å². The lowest BCUT2D eigenvalue weighted by molar-refractivity contribution is -0.123. The van der Waals surface area contributed by atoms with Gasteiger partial charge in [-0.3, -0.25) is 4.79 Å². The number of carbonyl (C=O) groups is 1. The van der Waals surface area contributed by atoms with Crippen LogP contribution in [0.4, 0.5) is 0 Å². The molecule has 4 nitrogen and oxygen atoms in total. The molecule has 2 N–H and O–H groups in total. The van der Waals surface area contributed by atoms with Crippen molar-refractivity contribution < 1.29 is 9.53 Å². The van der Waals surface area contributed by atoms with Crippen LogP contribution in [0.25, 0.3) is 10.8 Å². The summed E-state index contributed by atoms with van der Waals surface area (Å²) >= 11 is 0. The van der Waals surface area contributed by atoms with Gasteiger partial charge in [-0.1, -0.05) is 42.5 Å². The van der Waals surface area contributed by atoms with Gasteiger partial charge in [0.1, 0.15) is 0 Å². The molecule has 1 amide bonds. The monoisotopic (exact) mass is 376 g/mol. The second-order valence-corrected chi connectivity index (χ2v) is 7.23. The summed E-state index contributed by atoms with van der Waals surface area (Å²) in [5.41, 5.74) is 1.11. The molecule has 2 aromatic rings.